The maximum Gasteiger partial charge on any atom is 0.306 e. The summed E-state index contributed by atoms with van der Waals surface area (Å²) in [6.45, 7) is -0.198. The van der Waals surface area contributed by atoms with Crippen molar-refractivity contribution in [2.75, 3.05) is 62.8 Å². The second-order valence-corrected chi connectivity index (χ2v) is 7.79. The normalized spacial score (nSPS) is 11.2. The van der Waals surface area contributed by atoms with Crippen LogP contribution in [-0.4, -0.2) is 80.7 Å². The lowest BCUT2D eigenvalue weighted by atomic mass is 9.92. The topological polar surface area (TPSA) is 97.4 Å². The van der Waals surface area contributed by atoms with Gasteiger partial charge in [0.25, 0.3) is 0 Å². The second kappa shape index (κ2) is 18.5. The fourth-order valence-corrected chi connectivity index (χ4v) is 2.56. The Bertz CT molecular complexity index is 423. The Balaban J connectivity index is 5.17. The van der Waals surface area contributed by atoms with Crippen LogP contribution >= 0.6 is 50.5 Å². The molecule has 0 heterocycles. The molecule has 0 aliphatic rings. The van der Waals surface area contributed by atoms with Gasteiger partial charge < -0.3 is 23.7 Å². The number of carbonyl (C=O) groups is 3. The van der Waals surface area contributed by atoms with E-state index in [-0.39, 0.29) is 52.5 Å². The molecule has 0 radical (unpaired) electrons. The van der Waals surface area contributed by atoms with Crippen molar-refractivity contribution in [2.24, 2.45) is 5.41 Å². The molecule has 0 spiro atoms. The molecule has 29 heavy (non-hydrogen) atoms. The summed E-state index contributed by atoms with van der Waals surface area (Å²) in [6.07, 6.45) is 0.345. The smallest absolute Gasteiger partial charge is 0.306 e. The van der Waals surface area contributed by atoms with Crippen LogP contribution in [0.4, 0.5) is 0 Å². The molecular formula is C17H30O8S4. The van der Waals surface area contributed by atoms with Gasteiger partial charge in [-0.25, -0.2) is 0 Å². The van der Waals surface area contributed by atoms with Crippen LogP contribution in [0.1, 0.15) is 19.3 Å². The molecule has 0 saturated carbocycles. The van der Waals surface area contributed by atoms with Crippen LogP contribution in [-0.2, 0) is 38.1 Å². The first-order chi connectivity index (χ1) is 13.9. The minimum Gasteiger partial charge on any atom is -0.465 e. The average Bonchev–Trinajstić information content (AvgIpc) is 2.69. The van der Waals surface area contributed by atoms with Crippen molar-refractivity contribution in [1.82, 2.24) is 0 Å². The van der Waals surface area contributed by atoms with Crippen molar-refractivity contribution in [3.05, 3.63) is 0 Å². The Morgan fingerprint density at radius 3 is 1.34 bits per heavy atom. The molecule has 0 unspecified atom stereocenters. The van der Waals surface area contributed by atoms with Gasteiger partial charge in [-0.15, -0.1) is 0 Å². The summed E-state index contributed by atoms with van der Waals surface area (Å²) in [5.41, 5.74) is -1.09. The van der Waals surface area contributed by atoms with Gasteiger partial charge in [-0.05, 0) is 0 Å². The molecular weight excluding hydrogens is 460 g/mol. The van der Waals surface area contributed by atoms with E-state index in [1.165, 1.54) is 0 Å². The number of hydrogen-bond donors (Lipinski definition) is 4. The SMILES string of the molecule is O=C(CCS)OCC(COCOCCS)(COC(=O)CCS)COC(=O)CCS. The molecule has 0 amide bonds. The van der Waals surface area contributed by atoms with Crippen LogP contribution in [0.3, 0.4) is 0 Å². The number of carbonyl (C=O) groups excluding carboxylic acids is 3. The maximum absolute atomic E-state index is 11.8. The van der Waals surface area contributed by atoms with Crippen molar-refractivity contribution >= 4 is 68.4 Å². The van der Waals surface area contributed by atoms with Crippen LogP contribution in [0.25, 0.3) is 0 Å². The van der Waals surface area contributed by atoms with Crippen LogP contribution < -0.4 is 0 Å². The average molecular weight is 491 g/mol. The number of rotatable bonds is 18. The molecule has 0 aromatic heterocycles. The van der Waals surface area contributed by atoms with Crippen molar-refractivity contribution < 1.29 is 38.1 Å². The summed E-state index contributed by atoms with van der Waals surface area (Å²) in [5.74, 6) is 0.0885. The molecule has 0 N–H and O–H groups in total. The Morgan fingerprint density at radius 2 is 1.00 bits per heavy atom. The Hall–Kier alpha value is -0.270. The van der Waals surface area contributed by atoms with Gasteiger partial charge in [0.15, 0.2) is 0 Å². The number of hydrogen-bond acceptors (Lipinski definition) is 12. The van der Waals surface area contributed by atoms with Gasteiger partial charge in [0.1, 0.15) is 26.6 Å². The molecule has 0 aromatic rings. The summed E-state index contributed by atoms with van der Waals surface area (Å²) < 4.78 is 26.6. The maximum atomic E-state index is 11.8. The molecule has 0 fully saturated rings. The first-order valence-electron chi connectivity index (χ1n) is 8.99. The quantitative estimate of drug-likeness (QED) is 0.0754. The van der Waals surface area contributed by atoms with Crippen molar-refractivity contribution in [3.8, 4) is 0 Å². The van der Waals surface area contributed by atoms with Crippen molar-refractivity contribution in [1.29, 1.82) is 0 Å². The van der Waals surface area contributed by atoms with Gasteiger partial charge in [-0.3, -0.25) is 14.4 Å². The van der Waals surface area contributed by atoms with Gasteiger partial charge in [0, 0.05) is 23.0 Å². The van der Waals surface area contributed by atoms with Gasteiger partial charge in [-0.1, -0.05) is 0 Å². The standard InChI is InChI=1S/C17H30O8S4/c18-14(1-5-26)23-10-17(9-22-13-21-4-8-29,11-24-15(19)2-6-27)12-25-16(20)3-7-28/h26-29H,1-13H2. The monoisotopic (exact) mass is 490 g/mol. The van der Waals surface area contributed by atoms with Crippen LogP contribution in [0.15, 0.2) is 0 Å². The van der Waals surface area contributed by atoms with E-state index >= 15 is 0 Å². The third-order valence-electron chi connectivity index (χ3n) is 3.38. The minimum absolute atomic E-state index is 0.0317. The molecule has 170 valence electrons. The second-order valence-electron chi connectivity index (χ2n) is 6.00. The molecule has 8 nitrogen and oxygen atoms in total. The highest BCUT2D eigenvalue weighted by Gasteiger charge is 2.36. The third-order valence-corrected chi connectivity index (χ3v) is 4.23. The lowest BCUT2D eigenvalue weighted by Gasteiger charge is -2.31. The van der Waals surface area contributed by atoms with E-state index in [0.717, 1.165) is 0 Å². The van der Waals surface area contributed by atoms with Gasteiger partial charge in [0.05, 0.1) is 37.9 Å². The minimum atomic E-state index is -1.09. The lowest BCUT2D eigenvalue weighted by molar-refractivity contribution is -0.171. The first-order valence-corrected chi connectivity index (χ1v) is 11.5. The number of ether oxygens (including phenoxy) is 5. The number of thiol groups is 4. The lowest BCUT2D eigenvalue weighted by Crippen LogP contribution is -2.43. The largest absolute Gasteiger partial charge is 0.465 e. The third kappa shape index (κ3) is 15.2. The Morgan fingerprint density at radius 1 is 0.586 bits per heavy atom. The predicted octanol–water partition coefficient (Wildman–Crippen LogP) is 1.48. The van der Waals surface area contributed by atoms with Crippen molar-refractivity contribution in [3.63, 3.8) is 0 Å². The fourth-order valence-electron chi connectivity index (χ4n) is 1.88. The Kier molecular flexibility index (Phi) is 18.3. The zero-order valence-corrected chi connectivity index (χ0v) is 19.8. The molecule has 12 heteroatoms. The molecule has 0 aliphatic heterocycles. The highest BCUT2D eigenvalue weighted by molar-refractivity contribution is 7.80. The zero-order chi connectivity index (χ0) is 22.0. The van der Waals surface area contributed by atoms with E-state index < -0.39 is 23.3 Å². The van der Waals surface area contributed by atoms with E-state index in [2.05, 4.69) is 50.5 Å². The van der Waals surface area contributed by atoms with Crippen LogP contribution in [0.5, 0.6) is 0 Å². The summed E-state index contributed by atoms with van der Waals surface area (Å²) in [6, 6.07) is 0. The highest BCUT2D eigenvalue weighted by atomic mass is 32.1. The van der Waals surface area contributed by atoms with Crippen LogP contribution in [0, 0.1) is 5.41 Å². The van der Waals surface area contributed by atoms with Crippen molar-refractivity contribution in [2.45, 2.75) is 19.3 Å². The molecule has 0 bridgehead atoms. The summed E-state index contributed by atoms with van der Waals surface area (Å²) in [5, 5.41) is 0. The Labute approximate surface area is 193 Å². The van der Waals surface area contributed by atoms with E-state index in [0.29, 0.717) is 29.6 Å². The fraction of sp³-hybridized carbons (Fsp3) is 0.824. The van der Waals surface area contributed by atoms with E-state index in [4.69, 9.17) is 23.7 Å². The predicted molar refractivity (Wildman–Crippen MR) is 121 cm³/mol. The van der Waals surface area contributed by atoms with Gasteiger partial charge >= 0.3 is 17.9 Å². The molecule has 0 aromatic carbocycles. The first kappa shape index (κ1) is 28.7. The molecule has 0 rings (SSSR count). The number of esters is 3. The summed E-state index contributed by atoms with van der Waals surface area (Å²) in [7, 11) is 0. The van der Waals surface area contributed by atoms with Crippen LogP contribution in [0.2, 0.25) is 0 Å². The van der Waals surface area contributed by atoms with Gasteiger partial charge in [0.2, 0.25) is 0 Å². The van der Waals surface area contributed by atoms with E-state index in [9.17, 15) is 14.4 Å². The molecule has 0 saturated heterocycles. The zero-order valence-electron chi connectivity index (χ0n) is 16.2. The highest BCUT2D eigenvalue weighted by Crippen LogP contribution is 2.22. The van der Waals surface area contributed by atoms with E-state index in [1.54, 1.807) is 0 Å². The molecule has 0 atom stereocenters. The van der Waals surface area contributed by atoms with E-state index in [1.807, 2.05) is 0 Å². The van der Waals surface area contributed by atoms with Gasteiger partial charge in [-0.2, -0.15) is 50.5 Å². The molecule has 0 aliphatic carbocycles. The summed E-state index contributed by atoms with van der Waals surface area (Å²) >= 11 is 16.0. The summed E-state index contributed by atoms with van der Waals surface area (Å²) in [4.78, 5) is 35.4.